The summed E-state index contributed by atoms with van der Waals surface area (Å²) in [7, 11) is 1.64. The Morgan fingerprint density at radius 1 is 0.958 bits per heavy atom. The van der Waals surface area contributed by atoms with Crippen molar-refractivity contribution < 1.29 is 4.74 Å². The van der Waals surface area contributed by atoms with E-state index in [1.165, 1.54) is 0 Å². The number of aromatic nitrogens is 2. The van der Waals surface area contributed by atoms with Crippen LogP contribution in [-0.4, -0.2) is 16.7 Å². The molecule has 0 spiro atoms. The van der Waals surface area contributed by atoms with Crippen LogP contribution in [0.15, 0.2) is 65.6 Å². The molecule has 3 rings (SSSR count). The second kappa shape index (κ2) is 6.71. The van der Waals surface area contributed by atoms with E-state index in [1.807, 2.05) is 74.6 Å². The Balaban J connectivity index is 2.24. The Bertz CT molecular complexity index is 882. The fraction of sp³-hybridized carbons (Fsp3) is 0.200. The lowest BCUT2D eigenvalue weighted by atomic mass is 10.0. The van der Waals surface area contributed by atoms with Gasteiger partial charge in [0.1, 0.15) is 5.75 Å². The fourth-order valence-electron chi connectivity index (χ4n) is 2.64. The topological polar surface area (TPSA) is 44.1 Å². The lowest BCUT2D eigenvalue weighted by Gasteiger charge is -2.15. The summed E-state index contributed by atoms with van der Waals surface area (Å²) in [6.45, 7) is 3.95. The lowest BCUT2D eigenvalue weighted by molar-refractivity contribution is 0.415. The number of methoxy groups -OCH3 is 1. The largest absolute Gasteiger partial charge is 0.497 e. The molecule has 0 aliphatic rings. The molecule has 1 heterocycles. The van der Waals surface area contributed by atoms with Crippen molar-refractivity contribution in [2.45, 2.75) is 19.9 Å². The van der Waals surface area contributed by atoms with Crippen molar-refractivity contribution >= 4 is 0 Å². The number of hydrogen-bond acceptors (Lipinski definition) is 3. The third-order valence-electron chi connectivity index (χ3n) is 3.96. The highest BCUT2D eigenvalue weighted by Crippen LogP contribution is 2.30. The summed E-state index contributed by atoms with van der Waals surface area (Å²) in [5.74, 6) is 0.796. The van der Waals surface area contributed by atoms with E-state index in [0.717, 1.165) is 22.4 Å². The van der Waals surface area contributed by atoms with Crippen LogP contribution in [0, 0.1) is 0 Å². The molecule has 4 nitrogen and oxygen atoms in total. The summed E-state index contributed by atoms with van der Waals surface area (Å²) in [5.41, 5.74) is 3.31. The first kappa shape index (κ1) is 16.0. The van der Waals surface area contributed by atoms with Crippen molar-refractivity contribution in [1.29, 1.82) is 0 Å². The highest BCUT2D eigenvalue weighted by atomic mass is 16.5. The van der Waals surface area contributed by atoms with Gasteiger partial charge in [-0.1, -0.05) is 42.5 Å². The van der Waals surface area contributed by atoms with E-state index in [9.17, 15) is 4.79 Å². The van der Waals surface area contributed by atoms with Gasteiger partial charge in [-0.3, -0.25) is 4.57 Å². The molecule has 0 radical (unpaired) electrons. The van der Waals surface area contributed by atoms with Gasteiger partial charge in [0.05, 0.1) is 12.8 Å². The SMILES string of the molecule is COc1ccc(-c2cn(C(C)C)c(=O)nc2-c2ccccc2)cc1. The quantitative estimate of drug-likeness (QED) is 0.725. The molecule has 3 aromatic rings. The summed E-state index contributed by atoms with van der Waals surface area (Å²) >= 11 is 0. The van der Waals surface area contributed by atoms with E-state index in [2.05, 4.69) is 4.98 Å². The van der Waals surface area contributed by atoms with Crippen LogP contribution >= 0.6 is 0 Å². The minimum absolute atomic E-state index is 0.0480. The average Bonchev–Trinajstić information content (AvgIpc) is 2.62. The molecule has 0 saturated heterocycles. The lowest BCUT2D eigenvalue weighted by Crippen LogP contribution is -2.25. The molecule has 4 heteroatoms. The summed E-state index contributed by atoms with van der Waals surface area (Å²) in [6.07, 6.45) is 1.89. The minimum atomic E-state index is -0.235. The van der Waals surface area contributed by atoms with Crippen molar-refractivity contribution in [1.82, 2.24) is 9.55 Å². The molecule has 0 unspecified atom stereocenters. The average molecular weight is 320 g/mol. The van der Waals surface area contributed by atoms with E-state index >= 15 is 0 Å². The molecular formula is C20H20N2O2. The molecule has 0 bridgehead atoms. The van der Waals surface area contributed by atoms with Crippen LogP contribution in [0.2, 0.25) is 0 Å². The van der Waals surface area contributed by atoms with Crippen LogP contribution in [0.4, 0.5) is 0 Å². The van der Waals surface area contributed by atoms with Gasteiger partial charge in [-0.05, 0) is 31.5 Å². The molecule has 0 saturated carbocycles. The normalized spacial score (nSPS) is 10.8. The summed E-state index contributed by atoms with van der Waals surface area (Å²) in [4.78, 5) is 16.7. The molecule has 0 amide bonds. The van der Waals surface area contributed by atoms with E-state index in [1.54, 1.807) is 11.7 Å². The first-order valence-electron chi connectivity index (χ1n) is 7.93. The van der Waals surface area contributed by atoms with Gasteiger partial charge in [0.2, 0.25) is 0 Å². The van der Waals surface area contributed by atoms with Crippen molar-refractivity contribution in [2.75, 3.05) is 7.11 Å². The zero-order valence-corrected chi connectivity index (χ0v) is 14.1. The maximum atomic E-state index is 12.4. The first-order valence-corrected chi connectivity index (χ1v) is 7.93. The zero-order chi connectivity index (χ0) is 17.1. The predicted octanol–water partition coefficient (Wildman–Crippen LogP) is 4.17. The van der Waals surface area contributed by atoms with Crippen LogP contribution in [0.3, 0.4) is 0 Å². The van der Waals surface area contributed by atoms with Gasteiger partial charge in [0.15, 0.2) is 0 Å². The smallest absolute Gasteiger partial charge is 0.348 e. The molecule has 0 atom stereocenters. The second-order valence-corrected chi connectivity index (χ2v) is 5.88. The molecule has 2 aromatic carbocycles. The second-order valence-electron chi connectivity index (χ2n) is 5.88. The van der Waals surface area contributed by atoms with Gasteiger partial charge < -0.3 is 4.74 Å². The highest BCUT2D eigenvalue weighted by Gasteiger charge is 2.14. The van der Waals surface area contributed by atoms with E-state index < -0.39 is 0 Å². The van der Waals surface area contributed by atoms with Gasteiger partial charge >= 0.3 is 5.69 Å². The third-order valence-corrected chi connectivity index (χ3v) is 3.96. The molecule has 122 valence electrons. The van der Waals surface area contributed by atoms with Crippen molar-refractivity contribution in [3.63, 3.8) is 0 Å². The number of benzene rings is 2. The molecule has 0 fully saturated rings. The molecule has 0 aliphatic heterocycles. The van der Waals surface area contributed by atoms with Gasteiger partial charge in [-0.2, -0.15) is 4.98 Å². The van der Waals surface area contributed by atoms with Gasteiger partial charge in [0, 0.05) is 23.4 Å². The Hall–Kier alpha value is -2.88. The third kappa shape index (κ3) is 3.08. The first-order chi connectivity index (χ1) is 11.6. The fourth-order valence-corrected chi connectivity index (χ4v) is 2.64. The van der Waals surface area contributed by atoms with E-state index in [-0.39, 0.29) is 11.7 Å². The highest BCUT2D eigenvalue weighted by molar-refractivity contribution is 5.80. The Morgan fingerprint density at radius 3 is 2.21 bits per heavy atom. The molecular weight excluding hydrogens is 300 g/mol. The van der Waals surface area contributed by atoms with Crippen LogP contribution in [-0.2, 0) is 0 Å². The van der Waals surface area contributed by atoms with E-state index in [4.69, 9.17) is 4.74 Å². The van der Waals surface area contributed by atoms with Gasteiger partial charge in [-0.15, -0.1) is 0 Å². The van der Waals surface area contributed by atoms with E-state index in [0.29, 0.717) is 5.69 Å². The molecule has 0 N–H and O–H groups in total. The number of nitrogens with zero attached hydrogens (tertiary/aromatic N) is 2. The monoisotopic (exact) mass is 320 g/mol. The number of rotatable bonds is 4. The van der Waals surface area contributed by atoms with Crippen LogP contribution in [0.25, 0.3) is 22.4 Å². The van der Waals surface area contributed by atoms with Gasteiger partial charge in [-0.25, -0.2) is 4.79 Å². The molecule has 0 aliphatic carbocycles. The van der Waals surface area contributed by atoms with Crippen molar-refractivity contribution in [3.05, 3.63) is 71.3 Å². The number of ether oxygens (including phenoxy) is 1. The minimum Gasteiger partial charge on any atom is -0.497 e. The zero-order valence-electron chi connectivity index (χ0n) is 14.1. The van der Waals surface area contributed by atoms with Gasteiger partial charge in [0.25, 0.3) is 0 Å². The molecule has 1 aromatic heterocycles. The number of hydrogen-bond donors (Lipinski definition) is 0. The Labute approximate surface area is 141 Å². The standard InChI is InChI=1S/C20H20N2O2/c1-14(2)22-13-18(15-9-11-17(24-3)12-10-15)19(21-20(22)23)16-7-5-4-6-8-16/h4-14H,1-3H3. The van der Waals surface area contributed by atoms with Crippen molar-refractivity contribution in [3.8, 4) is 28.1 Å². The van der Waals surface area contributed by atoms with Crippen LogP contribution in [0.1, 0.15) is 19.9 Å². The summed E-state index contributed by atoms with van der Waals surface area (Å²) in [5, 5.41) is 0. The predicted molar refractivity (Wildman–Crippen MR) is 96.3 cm³/mol. The maximum absolute atomic E-state index is 12.4. The van der Waals surface area contributed by atoms with Crippen LogP contribution < -0.4 is 10.4 Å². The maximum Gasteiger partial charge on any atom is 0.348 e. The van der Waals surface area contributed by atoms with Crippen LogP contribution in [0.5, 0.6) is 5.75 Å². The van der Waals surface area contributed by atoms with Crippen molar-refractivity contribution in [2.24, 2.45) is 0 Å². The Kier molecular flexibility index (Phi) is 4.47. The summed E-state index contributed by atoms with van der Waals surface area (Å²) < 4.78 is 6.89. The summed E-state index contributed by atoms with van der Waals surface area (Å²) in [6, 6.07) is 17.6. The molecule has 24 heavy (non-hydrogen) atoms. The Morgan fingerprint density at radius 2 is 1.62 bits per heavy atom.